The van der Waals surface area contributed by atoms with Gasteiger partial charge in [-0.25, -0.2) is 0 Å². The van der Waals surface area contributed by atoms with E-state index in [0.717, 1.165) is 57.6 Å². The van der Waals surface area contributed by atoms with Gasteiger partial charge in [-0.2, -0.15) is 18.2 Å². The largest absolute Gasteiger partial charge is 0.493 e. The molecule has 2 heterocycles. The van der Waals surface area contributed by atoms with Gasteiger partial charge in [0.2, 0.25) is 11.7 Å². The van der Waals surface area contributed by atoms with E-state index in [1.165, 1.54) is 12.5 Å². The van der Waals surface area contributed by atoms with Gasteiger partial charge in [0.15, 0.2) is 0 Å². The predicted octanol–water partition coefficient (Wildman–Crippen LogP) is 5.92. The molecule has 0 bridgehead atoms. The molecule has 0 saturated carbocycles. The molecule has 1 fully saturated rings. The van der Waals surface area contributed by atoms with Crippen LogP contribution in [0, 0.1) is 0 Å². The van der Waals surface area contributed by atoms with Crippen LogP contribution in [-0.2, 0) is 6.18 Å². The average molecular weight is 411 g/mol. The molecule has 1 atom stereocenters. The summed E-state index contributed by atoms with van der Waals surface area (Å²) in [6.07, 6.45) is 3.65. The molecular weight excluding hydrogens is 383 g/mol. The van der Waals surface area contributed by atoms with Crippen LogP contribution in [0.5, 0.6) is 5.75 Å². The molecule has 1 aliphatic rings. The third-order valence-corrected chi connectivity index (χ3v) is 5.10. The first kappa shape index (κ1) is 21.6. The number of halogens is 3. The van der Waals surface area contributed by atoms with Crippen molar-refractivity contribution in [3.8, 4) is 17.1 Å². The van der Waals surface area contributed by atoms with Gasteiger partial charge in [-0.15, -0.1) is 0 Å². The molecule has 0 unspecified atom stereocenters. The minimum atomic E-state index is -4.52. The molecule has 1 aromatic carbocycles. The maximum Gasteiger partial charge on any atom is 0.419 e. The molecule has 8 heteroatoms. The fourth-order valence-corrected chi connectivity index (χ4v) is 3.47. The Morgan fingerprint density at radius 2 is 1.97 bits per heavy atom. The number of nitrogens with zero attached hydrogens (tertiary/aromatic N) is 2. The molecule has 0 spiro atoms. The van der Waals surface area contributed by atoms with Gasteiger partial charge in [0.25, 0.3) is 0 Å². The molecule has 1 N–H and O–H groups in total. The summed E-state index contributed by atoms with van der Waals surface area (Å²) in [5, 5.41) is 7.09. The average Bonchev–Trinajstić information content (AvgIpc) is 3.38. The summed E-state index contributed by atoms with van der Waals surface area (Å²) in [4.78, 5) is 4.28. The maximum atomic E-state index is 13.6. The lowest BCUT2D eigenvalue weighted by atomic mass is 10.1. The Hall–Kier alpha value is -2.09. The molecule has 0 radical (unpaired) electrons. The van der Waals surface area contributed by atoms with Gasteiger partial charge < -0.3 is 14.6 Å². The highest BCUT2D eigenvalue weighted by molar-refractivity contribution is 5.59. The van der Waals surface area contributed by atoms with Crippen LogP contribution in [0.2, 0.25) is 0 Å². The second-order valence-electron chi connectivity index (χ2n) is 7.43. The fraction of sp³-hybridized carbons (Fsp3) is 0.619. The zero-order chi connectivity index (χ0) is 20.7. The third kappa shape index (κ3) is 5.95. The van der Waals surface area contributed by atoms with Crippen LogP contribution in [-0.4, -0.2) is 23.3 Å². The first-order valence-electron chi connectivity index (χ1n) is 10.4. The summed E-state index contributed by atoms with van der Waals surface area (Å²) in [5.74, 6) is 0.409. The Balaban J connectivity index is 1.66. The van der Waals surface area contributed by atoms with E-state index in [4.69, 9.17) is 9.26 Å². The van der Waals surface area contributed by atoms with E-state index in [9.17, 15) is 13.2 Å². The van der Waals surface area contributed by atoms with E-state index in [2.05, 4.69) is 22.4 Å². The van der Waals surface area contributed by atoms with Gasteiger partial charge in [-0.3, -0.25) is 0 Å². The van der Waals surface area contributed by atoms with Gasteiger partial charge in [-0.1, -0.05) is 44.2 Å². The van der Waals surface area contributed by atoms with Gasteiger partial charge in [-0.05, 0) is 44.0 Å². The highest BCUT2D eigenvalue weighted by Crippen LogP contribution is 2.38. The van der Waals surface area contributed by atoms with Crippen LogP contribution in [0.25, 0.3) is 11.4 Å². The summed E-state index contributed by atoms with van der Waals surface area (Å²) < 4.78 is 51.4. The molecule has 1 saturated heterocycles. The van der Waals surface area contributed by atoms with E-state index < -0.39 is 11.7 Å². The zero-order valence-corrected chi connectivity index (χ0v) is 16.7. The van der Waals surface area contributed by atoms with Crippen LogP contribution >= 0.6 is 0 Å². The number of hydrogen-bond acceptors (Lipinski definition) is 5. The topological polar surface area (TPSA) is 60.2 Å². The summed E-state index contributed by atoms with van der Waals surface area (Å²) in [6.45, 7) is 3.28. The number of alkyl halides is 3. The van der Waals surface area contributed by atoms with Crippen molar-refractivity contribution in [3.63, 3.8) is 0 Å². The number of unbranched alkanes of at least 4 members (excludes halogenated alkanes) is 5. The predicted molar refractivity (Wildman–Crippen MR) is 104 cm³/mol. The lowest BCUT2D eigenvalue weighted by molar-refractivity contribution is -0.138. The molecule has 1 aliphatic heterocycles. The molecule has 29 heavy (non-hydrogen) atoms. The quantitative estimate of drug-likeness (QED) is 0.492. The van der Waals surface area contributed by atoms with Crippen molar-refractivity contribution in [3.05, 3.63) is 29.7 Å². The highest BCUT2D eigenvalue weighted by Gasteiger charge is 2.35. The first-order valence-corrected chi connectivity index (χ1v) is 10.4. The number of nitrogens with one attached hydrogen (secondary N) is 1. The summed E-state index contributed by atoms with van der Waals surface area (Å²) in [7, 11) is 0. The molecule has 5 nitrogen and oxygen atoms in total. The molecule has 160 valence electrons. The van der Waals surface area contributed by atoms with Crippen LogP contribution < -0.4 is 10.1 Å². The van der Waals surface area contributed by atoms with Gasteiger partial charge in [0, 0.05) is 5.56 Å². The van der Waals surface area contributed by atoms with Crippen LogP contribution in [0.4, 0.5) is 13.2 Å². The molecule has 0 aliphatic carbocycles. The van der Waals surface area contributed by atoms with E-state index in [0.29, 0.717) is 5.89 Å². The van der Waals surface area contributed by atoms with Crippen molar-refractivity contribution in [2.45, 2.75) is 70.5 Å². The Kier molecular flexibility index (Phi) is 7.52. The normalized spacial score (nSPS) is 17.0. The number of hydrogen-bond donors (Lipinski definition) is 1. The Labute approximate surface area is 169 Å². The van der Waals surface area contributed by atoms with Crippen molar-refractivity contribution < 1.29 is 22.4 Å². The zero-order valence-electron chi connectivity index (χ0n) is 16.7. The second-order valence-corrected chi connectivity index (χ2v) is 7.43. The lowest BCUT2D eigenvalue weighted by Gasteiger charge is -2.14. The SMILES string of the molecule is CCCCCCCCOc1ccc(-c2noc([C@@H]3CCCN3)n2)cc1C(F)(F)F. The van der Waals surface area contributed by atoms with Crippen molar-refractivity contribution in [2.24, 2.45) is 0 Å². The van der Waals surface area contributed by atoms with Gasteiger partial charge >= 0.3 is 6.18 Å². The second kappa shape index (κ2) is 10.1. The molecular formula is C21H28F3N3O2. The monoisotopic (exact) mass is 411 g/mol. The number of aromatic nitrogens is 2. The molecule has 2 aromatic rings. The van der Waals surface area contributed by atoms with Crippen LogP contribution in [0.3, 0.4) is 0 Å². The molecule has 1 aromatic heterocycles. The Morgan fingerprint density at radius 3 is 2.69 bits per heavy atom. The summed E-state index contributed by atoms with van der Waals surface area (Å²) in [6, 6.07) is 3.90. The van der Waals surface area contributed by atoms with E-state index in [-0.39, 0.29) is 29.8 Å². The molecule has 3 rings (SSSR count). The fourth-order valence-electron chi connectivity index (χ4n) is 3.47. The minimum Gasteiger partial charge on any atom is -0.493 e. The van der Waals surface area contributed by atoms with Crippen molar-refractivity contribution in [1.82, 2.24) is 15.5 Å². The Morgan fingerprint density at radius 1 is 1.17 bits per heavy atom. The third-order valence-electron chi connectivity index (χ3n) is 5.10. The van der Waals surface area contributed by atoms with E-state index >= 15 is 0 Å². The summed E-state index contributed by atoms with van der Waals surface area (Å²) in [5.41, 5.74) is -0.552. The standard InChI is InChI=1S/C21H28F3N3O2/c1-2-3-4-5-6-7-13-28-18-11-10-15(14-16(18)21(22,23)24)19-26-20(29-27-19)17-9-8-12-25-17/h10-11,14,17,25H,2-9,12-13H2,1H3/t17-/m0/s1. The first-order chi connectivity index (χ1) is 14.0. The van der Waals surface area contributed by atoms with Crippen LogP contribution in [0.15, 0.2) is 22.7 Å². The van der Waals surface area contributed by atoms with E-state index in [1.807, 2.05) is 0 Å². The van der Waals surface area contributed by atoms with Crippen molar-refractivity contribution in [1.29, 1.82) is 0 Å². The van der Waals surface area contributed by atoms with Crippen molar-refractivity contribution in [2.75, 3.05) is 13.2 Å². The molecule has 0 amide bonds. The number of rotatable bonds is 10. The Bertz CT molecular complexity index is 771. The smallest absolute Gasteiger partial charge is 0.419 e. The number of ether oxygens (including phenoxy) is 1. The minimum absolute atomic E-state index is 0.0294. The summed E-state index contributed by atoms with van der Waals surface area (Å²) >= 11 is 0. The highest BCUT2D eigenvalue weighted by atomic mass is 19.4. The van der Waals surface area contributed by atoms with Crippen molar-refractivity contribution >= 4 is 0 Å². The lowest BCUT2D eigenvalue weighted by Crippen LogP contribution is -2.13. The van der Waals surface area contributed by atoms with Crippen LogP contribution in [0.1, 0.15) is 75.8 Å². The van der Waals surface area contributed by atoms with E-state index in [1.54, 1.807) is 6.07 Å². The van der Waals surface area contributed by atoms with Gasteiger partial charge in [0.1, 0.15) is 5.75 Å². The van der Waals surface area contributed by atoms with Gasteiger partial charge in [0.05, 0.1) is 18.2 Å². The number of benzene rings is 1. The maximum absolute atomic E-state index is 13.6.